The van der Waals surface area contributed by atoms with Gasteiger partial charge in [-0.25, -0.2) is 0 Å². The van der Waals surface area contributed by atoms with E-state index in [-0.39, 0.29) is 18.3 Å². The zero-order chi connectivity index (χ0) is 19.3. The Kier molecular flexibility index (Phi) is 7.34. The number of carboxylic acid groups (broad SMARTS) is 1. The third-order valence-corrected chi connectivity index (χ3v) is 4.93. The molecular weight excluding hydrogens is 342 g/mol. The van der Waals surface area contributed by atoms with Crippen LogP contribution < -0.4 is 4.74 Å². The lowest BCUT2D eigenvalue weighted by Gasteiger charge is -2.25. The van der Waals surface area contributed by atoms with Gasteiger partial charge >= 0.3 is 12.6 Å². The van der Waals surface area contributed by atoms with Crippen LogP contribution in [0, 0.1) is 13.8 Å². The average molecular weight is 370 g/mol. The summed E-state index contributed by atoms with van der Waals surface area (Å²) in [5.74, 6) is -0.541. The minimum Gasteiger partial charge on any atom is -0.480 e. The first kappa shape index (κ1) is 20.6. The summed E-state index contributed by atoms with van der Waals surface area (Å²) in [5.41, 5.74) is 2.52. The molecule has 1 heterocycles. The molecule has 0 radical (unpaired) electrons. The molecule has 1 aliphatic heterocycles. The molecule has 1 aromatic carbocycles. The monoisotopic (exact) mass is 370 g/mol. The summed E-state index contributed by atoms with van der Waals surface area (Å²) in [6.45, 7) is 3.41. The van der Waals surface area contributed by atoms with Gasteiger partial charge in [0.05, 0.1) is 6.54 Å². The Hall–Kier alpha value is -1.73. The molecule has 1 saturated heterocycles. The van der Waals surface area contributed by atoms with Gasteiger partial charge in [-0.2, -0.15) is 8.78 Å². The number of rotatable bonds is 7. The fourth-order valence-corrected chi connectivity index (χ4v) is 3.74. The molecule has 1 aromatic rings. The van der Waals surface area contributed by atoms with Crippen LogP contribution in [-0.4, -0.2) is 60.2 Å². The molecule has 26 heavy (non-hydrogen) atoms. The number of aryl methyl sites for hydroxylation is 2. The number of carboxylic acids is 1. The summed E-state index contributed by atoms with van der Waals surface area (Å²) in [5, 5.41) is 8.95. The van der Waals surface area contributed by atoms with Gasteiger partial charge in [-0.15, -0.1) is 0 Å². The number of likely N-dealkylation sites (tertiary alicyclic amines) is 1. The Morgan fingerprint density at radius 2 is 1.96 bits per heavy atom. The van der Waals surface area contributed by atoms with E-state index in [9.17, 15) is 13.6 Å². The molecule has 0 spiro atoms. The molecule has 0 bridgehead atoms. The molecule has 1 unspecified atom stereocenters. The van der Waals surface area contributed by atoms with E-state index in [4.69, 9.17) is 5.11 Å². The SMILES string of the molecule is Cc1cc(CN2CCCC(N(C)CC(=O)O)CC2)cc(C)c1OC(F)F. The van der Waals surface area contributed by atoms with Gasteiger partial charge in [-0.05, 0) is 69.9 Å². The van der Waals surface area contributed by atoms with E-state index in [1.54, 1.807) is 13.8 Å². The molecular formula is C19H28F2N2O3. The van der Waals surface area contributed by atoms with E-state index in [2.05, 4.69) is 9.64 Å². The lowest BCUT2D eigenvalue weighted by atomic mass is 10.1. The largest absolute Gasteiger partial charge is 0.480 e. The van der Waals surface area contributed by atoms with Gasteiger partial charge in [0.2, 0.25) is 0 Å². The second-order valence-corrected chi connectivity index (χ2v) is 7.11. The molecule has 0 aliphatic carbocycles. The fraction of sp³-hybridized carbons (Fsp3) is 0.632. The highest BCUT2D eigenvalue weighted by atomic mass is 19.3. The van der Waals surface area contributed by atoms with Crippen molar-refractivity contribution in [2.24, 2.45) is 0 Å². The number of benzene rings is 1. The molecule has 1 atom stereocenters. The molecule has 5 nitrogen and oxygen atoms in total. The molecule has 1 N–H and O–H groups in total. The minimum atomic E-state index is -2.82. The van der Waals surface area contributed by atoms with Crippen molar-refractivity contribution in [3.05, 3.63) is 28.8 Å². The highest BCUT2D eigenvalue weighted by Crippen LogP contribution is 2.27. The van der Waals surface area contributed by atoms with Crippen molar-refractivity contribution in [3.63, 3.8) is 0 Å². The molecule has 0 aromatic heterocycles. The first-order valence-corrected chi connectivity index (χ1v) is 8.95. The summed E-state index contributed by atoms with van der Waals surface area (Å²) in [4.78, 5) is 15.1. The van der Waals surface area contributed by atoms with E-state index in [0.717, 1.165) is 44.5 Å². The smallest absolute Gasteiger partial charge is 0.387 e. The maximum absolute atomic E-state index is 12.5. The summed E-state index contributed by atoms with van der Waals surface area (Å²) < 4.78 is 29.6. The number of aliphatic carboxylic acids is 1. The van der Waals surface area contributed by atoms with Crippen LogP contribution in [-0.2, 0) is 11.3 Å². The number of likely N-dealkylation sites (N-methyl/N-ethyl adjacent to an activating group) is 1. The Morgan fingerprint density at radius 3 is 2.54 bits per heavy atom. The summed E-state index contributed by atoms with van der Waals surface area (Å²) >= 11 is 0. The van der Waals surface area contributed by atoms with E-state index in [0.29, 0.717) is 11.1 Å². The van der Waals surface area contributed by atoms with E-state index < -0.39 is 12.6 Å². The van der Waals surface area contributed by atoms with E-state index >= 15 is 0 Å². The first-order valence-electron chi connectivity index (χ1n) is 8.95. The van der Waals surface area contributed by atoms with Crippen LogP contribution in [0.4, 0.5) is 8.78 Å². The Morgan fingerprint density at radius 1 is 1.31 bits per heavy atom. The summed E-state index contributed by atoms with van der Waals surface area (Å²) in [6, 6.07) is 4.09. The van der Waals surface area contributed by atoms with Gasteiger partial charge < -0.3 is 9.84 Å². The predicted molar refractivity (Wildman–Crippen MR) is 95.7 cm³/mol. The lowest BCUT2D eigenvalue weighted by molar-refractivity contribution is -0.138. The summed E-state index contributed by atoms with van der Waals surface area (Å²) in [6.07, 6.45) is 2.92. The zero-order valence-corrected chi connectivity index (χ0v) is 15.7. The number of carbonyl (C=O) groups is 1. The molecule has 0 saturated carbocycles. The average Bonchev–Trinajstić information content (AvgIpc) is 2.76. The van der Waals surface area contributed by atoms with Crippen molar-refractivity contribution in [2.75, 3.05) is 26.7 Å². The minimum absolute atomic E-state index is 0.0641. The van der Waals surface area contributed by atoms with Crippen LogP contribution in [0.2, 0.25) is 0 Å². The normalized spacial score (nSPS) is 19.0. The number of alkyl halides is 2. The van der Waals surface area contributed by atoms with Crippen LogP contribution in [0.15, 0.2) is 12.1 Å². The molecule has 146 valence electrons. The van der Waals surface area contributed by atoms with Crippen LogP contribution in [0.3, 0.4) is 0 Å². The van der Waals surface area contributed by atoms with Gasteiger partial charge in [-0.1, -0.05) is 12.1 Å². The number of nitrogens with zero attached hydrogens (tertiary/aromatic N) is 2. The lowest BCUT2D eigenvalue weighted by Crippen LogP contribution is -2.36. The van der Waals surface area contributed by atoms with Crippen molar-refractivity contribution in [2.45, 2.75) is 52.3 Å². The zero-order valence-electron chi connectivity index (χ0n) is 15.7. The predicted octanol–water partition coefficient (Wildman–Crippen LogP) is 3.28. The maximum Gasteiger partial charge on any atom is 0.387 e. The van der Waals surface area contributed by atoms with Gasteiger partial charge in [0, 0.05) is 12.6 Å². The fourth-order valence-electron chi connectivity index (χ4n) is 3.74. The second-order valence-electron chi connectivity index (χ2n) is 7.11. The van der Waals surface area contributed by atoms with Gasteiger partial charge in [0.1, 0.15) is 5.75 Å². The Balaban J connectivity index is 1.98. The van der Waals surface area contributed by atoms with Crippen molar-refractivity contribution in [1.29, 1.82) is 0 Å². The molecule has 7 heteroatoms. The third kappa shape index (κ3) is 5.92. The molecule has 2 rings (SSSR count). The molecule has 1 aliphatic rings. The van der Waals surface area contributed by atoms with Gasteiger partial charge in [0.15, 0.2) is 0 Å². The van der Waals surface area contributed by atoms with Gasteiger partial charge in [-0.3, -0.25) is 14.6 Å². The number of hydrogen-bond acceptors (Lipinski definition) is 4. The number of halogens is 2. The third-order valence-electron chi connectivity index (χ3n) is 4.93. The number of ether oxygens (including phenoxy) is 1. The van der Waals surface area contributed by atoms with Crippen molar-refractivity contribution in [1.82, 2.24) is 9.80 Å². The summed E-state index contributed by atoms with van der Waals surface area (Å²) in [7, 11) is 1.86. The topological polar surface area (TPSA) is 53.0 Å². The first-order chi connectivity index (χ1) is 12.3. The van der Waals surface area contributed by atoms with E-state index in [1.807, 2.05) is 24.1 Å². The highest BCUT2D eigenvalue weighted by Gasteiger charge is 2.22. The molecule has 1 fully saturated rings. The standard InChI is InChI=1S/C19H28F2N2O3/c1-13-9-15(10-14(2)18(13)26-19(20)21)11-23-7-4-5-16(6-8-23)22(3)12-17(24)25/h9-10,16,19H,4-8,11-12H2,1-3H3,(H,24,25). The Bertz CT molecular complexity index is 602. The van der Waals surface area contributed by atoms with Crippen LogP contribution in [0.5, 0.6) is 5.75 Å². The second kappa shape index (κ2) is 9.28. The van der Waals surface area contributed by atoms with Crippen molar-refractivity contribution < 1.29 is 23.4 Å². The molecule has 0 amide bonds. The van der Waals surface area contributed by atoms with E-state index in [1.165, 1.54) is 0 Å². The Labute approximate surface area is 153 Å². The van der Waals surface area contributed by atoms with Crippen molar-refractivity contribution >= 4 is 5.97 Å². The van der Waals surface area contributed by atoms with Crippen LogP contribution >= 0.6 is 0 Å². The number of hydrogen-bond donors (Lipinski definition) is 1. The maximum atomic E-state index is 12.5. The van der Waals surface area contributed by atoms with Crippen LogP contribution in [0.1, 0.15) is 36.0 Å². The quantitative estimate of drug-likeness (QED) is 0.798. The highest BCUT2D eigenvalue weighted by molar-refractivity contribution is 5.69. The van der Waals surface area contributed by atoms with Gasteiger partial charge in [0.25, 0.3) is 0 Å². The van der Waals surface area contributed by atoms with Crippen LogP contribution in [0.25, 0.3) is 0 Å². The van der Waals surface area contributed by atoms with Crippen molar-refractivity contribution in [3.8, 4) is 5.75 Å².